The second kappa shape index (κ2) is 9.36. The maximum Gasteiger partial charge on any atom is 0.211 e. The summed E-state index contributed by atoms with van der Waals surface area (Å²) >= 11 is 1.48. The molecule has 2 aromatic heterocycles. The molecule has 8 heteroatoms. The molecule has 2 aromatic carbocycles. The molecule has 4 aromatic rings. The molecule has 31 heavy (non-hydrogen) atoms. The smallest absolute Gasteiger partial charge is 0.211 e. The molecule has 0 saturated heterocycles. The predicted octanol–water partition coefficient (Wildman–Crippen LogP) is 4.69. The van der Waals surface area contributed by atoms with Gasteiger partial charge < -0.3 is 19.2 Å². The SMILES string of the molecule is COc1ccc(OC)c(-c2csc(=Nc3ccccc3OC)n2N=Cc2ccc[nH]2)c1. The van der Waals surface area contributed by atoms with E-state index in [0.717, 1.165) is 28.4 Å². The molecule has 1 N–H and O–H groups in total. The van der Waals surface area contributed by atoms with Gasteiger partial charge >= 0.3 is 0 Å². The van der Waals surface area contributed by atoms with Crippen molar-refractivity contribution in [3.05, 3.63) is 76.7 Å². The van der Waals surface area contributed by atoms with Crippen LogP contribution in [0.25, 0.3) is 11.3 Å². The molecular formula is C23H22N4O3S. The van der Waals surface area contributed by atoms with Crippen LogP contribution >= 0.6 is 11.3 Å². The Bertz CT molecular complexity index is 1260. The van der Waals surface area contributed by atoms with E-state index >= 15 is 0 Å². The number of H-pyrrole nitrogens is 1. The molecule has 2 heterocycles. The Morgan fingerprint density at radius 2 is 1.77 bits per heavy atom. The van der Waals surface area contributed by atoms with Crippen molar-refractivity contribution >= 4 is 23.2 Å². The van der Waals surface area contributed by atoms with Gasteiger partial charge in [-0.2, -0.15) is 5.10 Å². The number of ether oxygens (including phenoxy) is 3. The second-order valence-corrected chi connectivity index (χ2v) is 7.27. The van der Waals surface area contributed by atoms with Crippen molar-refractivity contribution in [2.75, 3.05) is 21.3 Å². The molecule has 0 aliphatic rings. The topological polar surface area (TPSA) is 73.1 Å². The molecule has 0 saturated carbocycles. The first-order valence-electron chi connectivity index (χ1n) is 9.52. The number of aromatic nitrogens is 2. The van der Waals surface area contributed by atoms with Gasteiger partial charge in [0, 0.05) is 17.1 Å². The number of methoxy groups -OCH3 is 3. The minimum Gasteiger partial charge on any atom is -0.497 e. The van der Waals surface area contributed by atoms with Crippen LogP contribution in [0.2, 0.25) is 0 Å². The lowest BCUT2D eigenvalue weighted by Gasteiger charge is -2.11. The number of aromatic amines is 1. The third kappa shape index (κ3) is 4.39. The number of nitrogens with one attached hydrogen (secondary N) is 1. The third-order valence-corrected chi connectivity index (χ3v) is 5.42. The zero-order valence-electron chi connectivity index (χ0n) is 17.4. The summed E-state index contributed by atoms with van der Waals surface area (Å²) in [4.78, 5) is 8.64. The van der Waals surface area contributed by atoms with Crippen molar-refractivity contribution in [3.63, 3.8) is 0 Å². The highest BCUT2D eigenvalue weighted by Gasteiger charge is 2.14. The molecule has 0 unspecified atom stereocenters. The van der Waals surface area contributed by atoms with Crippen molar-refractivity contribution in [1.82, 2.24) is 9.66 Å². The van der Waals surface area contributed by atoms with Gasteiger partial charge in [0.25, 0.3) is 0 Å². The van der Waals surface area contributed by atoms with Gasteiger partial charge in [0.2, 0.25) is 4.80 Å². The molecule has 7 nitrogen and oxygen atoms in total. The lowest BCUT2D eigenvalue weighted by atomic mass is 10.1. The summed E-state index contributed by atoms with van der Waals surface area (Å²) in [5.41, 5.74) is 3.28. The minimum atomic E-state index is 0.687. The summed E-state index contributed by atoms with van der Waals surface area (Å²) in [6.45, 7) is 0. The summed E-state index contributed by atoms with van der Waals surface area (Å²) < 4.78 is 18.3. The Labute approximate surface area is 183 Å². The van der Waals surface area contributed by atoms with Crippen LogP contribution in [0.3, 0.4) is 0 Å². The molecule has 0 aliphatic heterocycles. The molecule has 0 radical (unpaired) electrons. The fourth-order valence-electron chi connectivity index (χ4n) is 3.06. The molecule has 0 spiro atoms. The van der Waals surface area contributed by atoms with Crippen LogP contribution in [0.1, 0.15) is 5.69 Å². The number of thiazole rings is 1. The fraction of sp³-hybridized carbons (Fsp3) is 0.130. The van der Waals surface area contributed by atoms with Gasteiger partial charge in [0.05, 0.1) is 38.9 Å². The van der Waals surface area contributed by atoms with Crippen LogP contribution in [0, 0.1) is 0 Å². The predicted molar refractivity (Wildman–Crippen MR) is 123 cm³/mol. The van der Waals surface area contributed by atoms with E-state index in [4.69, 9.17) is 24.3 Å². The van der Waals surface area contributed by atoms with Crippen molar-refractivity contribution in [1.29, 1.82) is 0 Å². The summed E-state index contributed by atoms with van der Waals surface area (Å²) in [7, 11) is 4.91. The summed E-state index contributed by atoms with van der Waals surface area (Å²) in [6, 6.07) is 17.2. The number of rotatable bonds is 7. The quantitative estimate of drug-likeness (QED) is 0.429. The highest BCUT2D eigenvalue weighted by molar-refractivity contribution is 7.07. The molecule has 158 valence electrons. The van der Waals surface area contributed by atoms with Gasteiger partial charge in [-0.15, -0.1) is 11.3 Å². The van der Waals surface area contributed by atoms with E-state index in [1.54, 1.807) is 32.2 Å². The Hall–Kier alpha value is -3.78. The molecule has 0 amide bonds. The maximum atomic E-state index is 5.60. The number of hydrogen-bond acceptors (Lipinski definition) is 6. The first-order valence-corrected chi connectivity index (χ1v) is 10.4. The van der Waals surface area contributed by atoms with Crippen molar-refractivity contribution < 1.29 is 14.2 Å². The molecule has 0 aliphatic carbocycles. The van der Waals surface area contributed by atoms with Gasteiger partial charge in [0.15, 0.2) is 0 Å². The first kappa shape index (κ1) is 20.5. The Morgan fingerprint density at radius 1 is 0.935 bits per heavy atom. The average Bonchev–Trinajstić information content (AvgIpc) is 3.47. The van der Waals surface area contributed by atoms with Gasteiger partial charge in [0.1, 0.15) is 22.9 Å². The number of benzene rings is 2. The van der Waals surface area contributed by atoms with Crippen molar-refractivity contribution in [2.45, 2.75) is 0 Å². The third-order valence-electron chi connectivity index (χ3n) is 4.60. The molecular weight excluding hydrogens is 412 g/mol. The average molecular weight is 435 g/mol. The number of hydrogen-bond donors (Lipinski definition) is 1. The number of para-hydroxylation sites is 2. The standard InChI is InChI=1S/C23H22N4O3S/c1-28-17-10-11-21(29-2)18(13-17)20-15-31-23(26-19-8-4-5-9-22(19)30-3)27(20)25-14-16-7-6-12-24-16/h4-15,24H,1-3H3. The van der Waals surface area contributed by atoms with E-state index in [1.165, 1.54) is 11.3 Å². The largest absolute Gasteiger partial charge is 0.497 e. The molecule has 4 rings (SSSR count). The van der Waals surface area contributed by atoms with E-state index in [2.05, 4.69) is 4.98 Å². The fourth-order valence-corrected chi connectivity index (χ4v) is 3.90. The minimum absolute atomic E-state index is 0.687. The zero-order chi connectivity index (χ0) is 21.6. The van der Waals surface area contributed by atoms with Crippen LogP contribution in [-0.2, 0) is 0 Å². The Morgan fingerprint density at radius 3 is 2.52 bits per heavy atom. The van der Waals surface area contributed by atoms with Gasteiger partial charge in [-0.05, 0) is 42.5 Å². The summed E-state index contributed by atoms with van der Waals surface area (Å²) in [5, 5.41) is 6.71. The highest BCUT2D eigenvalue weighted by atomic mass is 32.1. The molecule has 0 atom stereocenters. The van der Waals surface area contributed by atoms with Gasteiger partial charge in [-0.3, -0.25) is 0 Å². The first-order chi connectivity index (χ1) is 15.2. The van der Waals surface area contributed by atoms with Crippen LogP contribution in [0.15, 0.2) is 76.3 Å². The molecule has 0 fully saturated rings. The summed E-state index contributed by atoms with van der Waals surface area (Å²) in [6.07, 6.45) is 3.61. The lowest BCUT2D eigenvalue weighted by molar-refractivity contribution is 0.404. The van der Waals surface area contributed by atoms with Crippen molar-refractivity contribution in [3.8, 4) is 28.5 Å². The van der Waals surface area contributed by atoms with Crippen LogP contribution in [0.5, 0.6) is 17.2 Å². The highest BCUT2D eigenvalue weighted by Crippen LogP contribution is 2.34. The van der Waals surface area contributed by atoms with Crippen LogP contribution in [-0.4, -0.2) is 37.2 Å². The monoisotopic (exact) mass is 434 g/mol. The van der Waals surface area contributed by atoms with Gasteiger partial charge in [-0.25, -0.2) is 9.67 Å². The molecule has 0 bridgehead atoms. The van der Waals surface area contributed by atoms with E-state index in [9.17, 15) is 0 Å². The second-order valence-electron chi connectivity index (χ2n) is 6.44. The van der Waals surface area contributed by atoms with Crippen LogP contribution in [0.4, 0.5) is 5.69 Å². The van der Waals surface area contributed by atoms with E-state index in [-0.39, 0.29) is 0 Å². The Balaban J connectivity index is 1.92. The van der Waals surface area contributed by atoms with E-state index in [1.807, 2.05) is 66.2 Å². The van der Waals surface area contributed by atoms with Crippen molar-refractivity contribution in [2.24, 2.45) is 10.1 Å². The van der Waals surface area contributed by atoms with Crippen LogP contribution < -0.4 is 19.0 Å². The maximum absolute atomic E-state index is 5.60. The van der Waals surface area contributed by atoms with E-state index < -0.39 is 0 Å². The Kier molecular flexibility index (Phi) is 6.18. The lowest BCUT2D eigenvalue weighted by Crippen LogP contribution is -2.12. The normalized spacial score (nSPS) is 11.8. The van der Waals surface area contributed by atoms with Gasteiger partial charge in [-0.1, -0.05) is 12.1 Å². The number of nitrogens with zero attached hydrogens (tertiary/aromatic N) is 3. The zero-order valence-corrected chi connectivity index (χ0v) is 18.2. The summed E-state index contributed by atoms with van der Waals surface area (Å²) in [5.74, 6) is 2.13. The van der Waals surface area contributed by atoms with E-state index in [0.29, 0.717) is 16.3 Å².